The Bertz CT molecular complexity index is 942. The Morgan fingerprint density at radius 3 is 2.62 bits per heavy atom. The second-order valence-corrected chi connectivity index (χ2v) is 6.62. The maximum Gasteiger partial charge on any atom is 0.397 e. The van der Waals surface area contributed by atoms with Gasteiger partial charge < -0.3 is 10.5 Å². The summed E-state index contributed by atoms with van der Waals surface area (Å²) >= 11 is 0. The molecule has 8 nitrogen and oxygen atoms in total. The Morgan fingerprint density at radius 2 is 1.92 bits per heavy atom. The molecule has 0 radical (unpaired) electrons. The van der Waals surface area contributed by atoms with Gasteiger partial charge >= 0.3 is 11.6 Å². The summed E-state index contributed by atoms with van der Waals surface area (Å²) in [6.07, 6.45) is 1.63. The van der Waals surface area contributed by atoms with Crippen LogP contribution in [-0.4, -0.2) is 40.3 Å². The van der Waals surface area contributed by atoms with Gasteiger partial charge in [-0.05, 0) is 17.5 Å². The zero-order valence-electron chi connectivity index (χ0n) is 14.9. The quantitative estimate of drug-likeness (QED) is 0.542. The van der Waals surface area contributed by atoms with Crippen molar-refractivity contribution in [3.63, 3.8) is 0 Å². The topological polar surface area (TPSA) is 82.0 Å². The summed E-state index contributed by atoms with van der Waals surface area (Å²) in [7, 11) is 1.66. The number of piperazine rings is 1. The molecule has 1 fully saturated rings. The first-order valence-electron chi connectivity index (χ1n) is 8.79. The highest BCUT2D eigenvalue weighted by Crippen LogP contribution is 2.22. The van der Waals surface area contributed by atoms with Crippen molar-refractivity contribution in [2.75, 3.05) is 31.1 Å². The van der Waals surface area contributed by atoms with Crippen LogP contribution in [-0.2, 0) is 7.05 Å². The minimum Gasteiger partial charge on any atom is -0.740 e. The maximum atomic E-state index is 12.9. The highest BCUT2D eigenvalue weighted by atomic mass is 16.5. The molecule has 136 valence electrons. The maximum absolute atomic E-state index is 12.9. The van der Waals surface area contributed by atoms with Crippen LogP contribution >= 0.6 is 0 Å². The fourth-order valence-electron chi connectivity index (χ4n) is 3.44. The summed E-state index contributed by atoms with van der Waals surface area (Å²) in [5, 5.41) is 16.1. The van der Waals surface area contributed by atoms with E-state index in [9.17, 15) is 10.0 Å². The summed E-state index contributed by atoms with van der Waals surface area (Å²) in [5.74, 6) is 0.775. The molecule has 3 aliphatic heterocycles. The molecule has 0 aromatic heterocycles. The zero-order valence-corrected chi connectivity index (χ0v) is 14.9. The minimum absolute atomic E-state index is 0.183. The Hall–Kier alpha value is -2.87. The van der Waals surface area contributed by atoms with E-state index in [2.05, 4.69) is 10.3 Å². The van der Waals surface area contributed by atoms with Crippen molar-refractivity contribution in [2.45, 2.75) is 13.0 Å². The Morgan fingerprint density at radius 1 is 1.23 bits per heavy atom. The van der Waals surface area contributed by atoms with Crippen LogP contribution in [0.2, 0.25) is 0 Å². The highest BCUT2D eigenvalue weighted by molar-refractivity contribution is 5.50. The summed E-state index contributed by atoms with van der Waals surface area (Å²) in [4.78, 5) is 19.3. The predicted octanol–water partition coefficient (Wildman–Crippen LogP) is 0.339. The summed E-state index contributed by atoms with van der Waals surface area (Å²) in [6.45, 7) is 5.02. The first-order valence-corrected chi connectivity index (χ1v) is 8.79. The number of hydrogen-bond donors (Lipinski definition) is 1. The molecule has 1 unspecified atom stereocenters. The normalized spacial score (nSPS) is 16.2. The molecular formula is C18H22N6O2. The molecular weight excluding hydrogens is 332 g/mol. The number of hydrogen-bond acceptors (Lipinski definition) is 5. The van der Waals surface area contributed by atoms with Crippen molar-refractivity contribution in [1.82, 2.24) is 19.4 Å². The monoisotopic (exact) mass is 354 g/mol. The zero-order chi connectivity index (χ0) is 18.3. The van der Waals surface area contributed by atoms with Gasteiger partial charge in [0.05, 0.1) is 25.3 Å². The molecule has 0 spiro atoms. The third-order valence-corrected chi connectivity index (χ3v) is 5.02. The Balaban J connectivity index is 1.84. The number of nitrogens with zero attached hydrogens (tertiary/aromatic N) is 5. The molecule has 0 aliphatic carbocycles. The van der Waals surface area contributed by atoms with E-state index in [0.29, 0.717) is 17.5 Å². The van der Waals surface area contributed by atoms with Crippen molar-refractivity contribution in [1.29, 1.82) is 0 Å². The number of rotatable bonds is 3. The summed E-state index contributed by atoms with van der Waals surface area (Å²) in [6, 6.07) is 9.58. The van der Waals surface area contributed by atoms with Crippen LogP contribution in [0.1, 0.15) is 18.5 Å². The van der Waals surface area contributed by atoms with Gasteiger partial charge in [0.25, 0.3) is 5.82 Å². The van der Waals surface area contributed by atoms with E-state index in [1.807, 2.05) is 42.2 Å². The second kappa shape index (κ2) is 6.45. The lowest BCUT2D eigenvalue weighted by atomic mass is 10.1. The van der Waals surface area contributed by atoms with Crippen LogP contribution in [0.4, 0.5) is 5.95 Å². The van der Waals surface area contributed by atoms with Crippen molar-refractivity contribution in [3.8, 4) is 11.5 Å². The van der Waals surface area contributed by atoms with Gasteiger partial charge in [0.15, 0.2) is 5.69 Å². The fraction of sp³-hybridized carbons (Fsp3) is 0.389. The van der Waals surface area contributed by atoms with Gasteiger partial charge in [-0.15, -0.1) is 0 Å². The number of aromatic nitrogens is 4. The van der Waals surface area contributed by atoms with Gasteiger partial charge in [0.1, 0.15) is 0 Å². The number of fused-ring (bicyclic) bond motifs is 1. The van der Waals surface area contributed by atoms with E-state index in [1.54, 1.807) is 17.8 Å². The Labute approximate surface area is 151 Å². The van der Waals surface area contributed by atoms with Crippen molar-refractivity contribution < 1.29 is 4.73 Å². The molecule has 1 saturated heterocycles. The van der Waals surface area contributed by atoms with Crippen LogP contribution in [0.25, 0.3) is 11.5 Å². The van der Waals surface area contributed by atoms with E-state index in [1.165, 1.54) is 4.57 Å². The van der Waals surface area contributed by atoms with Gasteiger partial charge in [-0.2, -0.15) is 0 Å². The molecule has 4 rings (SSSR count). The fourth-order valence-corrected chi connectivity index (χ4v) is 3.44. The Kier molecular flexibility index (Phi) is 4.12. The molecule has 1 aromatic rings. The highest BCUT2D eigenvalue weighted by Gasteiger charge is 2.31. The summed E-state index contributed by atoms with van der Waals surface area (Å²) in [5.41, 5.74) is 1.22. The van der Waals surface area contributed by atoms with Gasteiger partial charge in [0, 0.05) is 20.1 Å². The van der Waals surface area contributed by atoms with E-state index in [-0.39, 0.29) is 11.7 Å². The average Bonchev–Trinajstić information content (AvgIpc) is 3.02. The van der Waals surface area contributed by atoms with E-state index in [4.69, 9.17) is 0 Å². The lowest BCUT2D eigenvalue weighted by Crippen LogP contribution is -2.48. The molecule has 26 heavy (non-hydrogen) atoms. The molecule has 3 heterocycles. The molecule has 0 saturated carbocycles. The van der Waals surface area contributed by atoms with Crippen LogP contribution in [0.3, 0.4) is 0 Å². The van der Waals surface area contributed by atoms with Crippen LogP contribution in [0, 0.1) is 5.21 Å². The minimum atomic E-state index is -0.196. The van der Waals surface area contributed by atoms with Gasteiger partial charge in [-0.1, -0.05) is 30.3 Å². The van der Waals surface area contributed by atoms with E-state index < -0.39 is 0 Å². The van der Waals surface area contributed by atoms with Gasteiger partial charge in [-0.3, -0.25) is 14.0 Å². The first-order chi connectivity index (χ1) is 12.6. The van der Waals surface area contributed by atoms with Crippen LogP contribution < -0.4 is 20.6 Å². The van der Waals surface area contributed by atoms with Crippen molar-refractivity contribution in [2.24, 2.45) is 7.05 Å². The van der Waals surface area contributed by atoms with Gasteiger partial charge in [0.2, 0.25) is 0 Å². The smallest absolute Gasteiger partial charge is 0.397 e. The van der Waals surface area contributed by atoms with E-state index in [0.717, 1.165) is 36.5 Å². The molecule has 3 aliphatic rings. The number of anilines is 1. The number of nitrogens with one attached hydrogen (secondary N) is 1. The third kappa shape index (κ3) is 2.62. The second-order valence-electron chi connectivity index (χ2n) is 6.62. The molecule has 0 amide bonds. The van der Waals surface area contributed by atoms with Crippen LogP contribution in [0.15, 0.2) is 41.3 Å². The van der Waals surface area contributed by atoms with Crippen molar-refractivity contribution >= 4 is 5.95 Å². The summed E-state index contributed by atoms with van der Waals surface area (Å²) < 4.78 is 3.89. The molecule has 8 heteroatoms. The molecule has 1 atom stereocenters. The van der Waals surface area contributed by atoms with Crippen LogP contribution in [0.5, 0.6) is 0 Å². The molecule has 1 aromatic carbocycles. The predicted molar refractivity (Wildman–Crippen MR) is 98.4 cm³/mol. The number of imidazole rings is 1. The molecule has 0 bridgehead atoms. The third-order valence-electron chi connectivity index (χ3n) is 5.02. The lowest BCUT2D eigenvalue weighted by Gasteiger charge is -2.23. The lowest BCUT2D eigenvalue weighted by molar-refractivity contribution is -0.579. The largest absolute Gasteiger partial charge is 0.740 e. The van der Waals surface area contributed by atoms with E-state index >= 15 is 0 Å². The SMILES string of the molecule is CC(c1ccccc1)n1cc2[n+]([O-])c(N3CCNCC3)nc-2n(C)c1=O. The average molecular weight is 354 g/mol. The standard InChI is InChI=1S/C18H22N6O2/c1-13(14-6-4-3-5-7-14)23-12-15-16(21(2)18(23)25)20-17(24(15)26)22-10-8-19-9-11-22/h3-7,12-13,19H,8-11H2,1-2H3. The number of benzene rings is 1. The van der Waals surface area contributed by atoms with Gasteiger partial charge in [-0.25, -0.2) is 9.52 Å². The van der Waals surface area contributed by atoms with Crippen molar-refractivity contribution in [3.05, 3.63) is 57.8 Å². The first kappa shape index (κ1) is 16.6. The molecule has 1 N–H and O–H groups in total.